The molecule has 0 bridgehead atoms. The maximum Gasteiger partial charge on any atom is 2.00 e. The van der Waals surface area contributed by atoms with E-state index in [9.17, 15) is 0 Å². The average Bonchev–Trinajstić information content (AvgIpc) is 2.85. The average molecular weight is 272 g/mol. The van der Waals surface area contributed by atoms with E-state index in [1.54, 1.807) is 0 Å². The molecule has 0 saturated carbocycles. The molecule has 1 aliphatic carbocycles. The molecule has 1 aliphatic rings. The number of hydrogen-bond donors (Lipinski definition) is 0. The standard InChI is InChI=1S/C5H6.C5H5.CH2Cl2.Fe/c2*1-2-4-5-3-1;2-1-3;/h1-4H,5H2;1-5H;1H2;/q;-1;;+2. The molecule has 0 saturated heterocycles. The summed E-state index contributed by atoms with van der Waals surface area (Å²) < 4.78 is 0. The van der Waals surface area contributed by atoms with Crippen molar-refractivity contribution in [2.75, 3.05) is 5.34 Å². The first-order valence-corrected chi connectivity index (χ1v) is 5.09. The molecule has 0 fully saturated rings. The van der Waals surface area contributed by atoms with Gasteiger partial charge in [0.2, 0.25) is 0 Å². The van der Waals surface area contributed by atoms with Crippen LogP contribution in [0.5, 0.6) is 0 Å². The summed E-state index contributed by atoms with van der Waals surface area (Å²) in [5.74, 6) is 0. The van der Waals surface area contributed by atoms with Crippen molar-refractivity contribution in [1.82, 2.24) is 0 Å². The summed E-state index contributed by atoms with van der Waals surface area (Å²) in [5.41, 5.74) is 0. The Labute approximate surface area is 106 Å². The molecule has 2 rings (SSSR count). The third kappa shape index (κ3) is 14.5. The Balaban J connectivity index is 0. The first kappa shape index (κ1) is 16.4. The Morgan fingerprint density at radius 2 is 1.43 bits per heavy atom. The van der Waals surface area contributed by atoms with Crippen molar-refractivity contribution in [3.8, 4) is 0 Å². The molecule has 78 valence electrons. The van der Waals surface area contributed by atoms with Crippen molar-refractivity contribution in [2.24, 2.45) is 0 Å². The second kappa shape index (κ2) is 15.4. The van der Waals surface area contributed by atoms with Gasteiger partial charge in [-0.2, -0.15) is 18.2 Å². The van der Waals surface area contributed by atoms with E-state index in [1.807, 2.05) is 30.3 Å². The number of allylic oxidation sites excluding steroid dienone is 4. The maximum atomic E-state index is 4.76. The summed E-state index contributed by atoms with van der Waals surface area (Å²) in [6, 6.07) is 10.0. The largest absolute Gasteiger partial charge is 2.00 e. The van der Waals surface area contributed by atoms with Crippen LogP contribution in [0.2, 0.25) is 0 Å². The van der Waals surface area contributed by atoms with Crippen molar-refractivity contribution in [1.29, 1.82) is 0 Å². The van der Waals surface area contributed by atoms with Crippen molar-refractivity contribution in [2.45, 2.75) is 6.42 Å². The molecule has 0 aromatic heterocycles. The van der Waals surface area contributed by atoms with Gasteiger partial charge in [-0.3, -0.25) is 0 Å². The Bertz CT molecular complexity index is 188. The number of hydrogen-bond acceptors (Lipinski definition) is 0. The van der Waals surface area contributed by atoms with Crippen LogP contribution in [-0.2, 0) is 17.1 Å². The van der Waals surface area contributed by atoms with Crippen LogP contribution in [-0.4, -0.2) is 5.34 Å². The van der Waals surface area contributed by atoms with Crippen molar-refractivity contribution < 1.29 is 17.1 Å². The fourth-order valence-electron chi connectivity index (χ4n) is 0.714. The molecule has 0 unspecified atom stereocenters. The van der Waals surface area contributed by atoms with Gasteiger partial charge in [0, 0.05) is 0 Å². The van der Waals surface area contributed by atoms with Gasteiger partial charge in [-0.05, 0) is 6.42 Å². The topological polar surface area (TPSA) is 0 Å². The van der Waals surface area contributed by atoms with E-state index in [0.717, 1.165) is 6.42 Å². The van der Waals surface area contributed by atoms with E-state index in [-0.39, 0.29) is 22.4 Å². The number of halogens is 2. The second-order valence-corrected chi connectivity index (χ2v) is 2.96. The zero-order valence-electron chi connectivity index (χ0n) is 7.72. The van der Waals surface area contributed by atoms with Gasteiger partial charge in [0.15, 0.2) is 0 Å². The van der Waals surface area contributed by atoms with Gasteiger partial charge in [0.25, 0.3) is 0 Å². The molecular formula is C11H13Cl2Fe+. The summed E-state index contributed by atoms with van der Waals surface area (Å²) >= 11 is 9.53. The molecule has 0 radical (unpaired) electrons. The quantitative estimate of drug-likeness (QED) is 0.374. The van der Waals surface area contributed by atoms with Crippen LogP contribution in [0.15, 0.2) is 54.6 Å². The van der Waals surface area contributed by atoms with Crippen LogP contribution in [0.25, 0.3) is 0 Å². The molecule has 0 nitrogen and oxygen atoms in total. The summed E-state index contributed by atoms with van der Waals surface area (Å²) in [7, 11) is 0. The Kier molecular flexibility index (Phi) is 18.0. The summed E-state index contributed by atoms with van der Waals surface area (Å²) in [6.45, 7) is 0. The van der Waals surface area contributed by atoms with Gasteiger partial charge < -0.3 is 0 Å². The second-order valence-electron chi connectivity index (χ2n) is 2.16. The molecule has 3 heteroatoms. The van der Waals surface area contributed by atoms with Gasteiger partial charge in [-0.25, -0.2) is 12.1 Å². The Morgan fingerprint density at radius 3 is 1.57 bits per heavy atom. The molecule has 0 atom stereocenters. The van der Waals surface area contributed by atoms with Gasteiger partial charge in [-0.1, -0.05) is 24.3 Å². The molecule has 14 heavy (non-hydrogen) atoms. The fraction of sp³-hybridized carbons (Fsp3) is 0.182. The molecule has 1 aromatic rings. The monoisotopic (exact) mass is 271 g/mol. The van der Waals surface area contributed by atoms with Crippen molar-refractivity contribution >= 4 is 23.2 Å². The van der Waals surface area contributed by atoms with Crippen LogP contribution in [0.1, 0.15) is 6.42 Å². The minimum absolute atomic E-state index is 0. The van der Waals surface area contributed by atoms with Gasteiger partial charge in [0.1, 0.15) is 0 Å². The number of alkyl halides is 2. The van der Waals surface area contributed by atoms with Gasteiger partial charge in [0.05, 0.1) is 5.34 Å². The number of rotatable bonds is 0. The molecular weight excluding hydrogens is 259 g/mol. The zero-order valence-corrected chi connectivity index (χ0v) is 10.3. The first-order chi connectivity index (χ1) is 6.41. The Hall–Kier alpha value is -0.0705. The smallest absolute Gasteiger partial charge is 0.214 e. The van der Waals surface area contributed by atoms with Crippen LogP contribution < -0.4 is 0 Å². The summed E-state index contributed by atoms with van der Waals surface area (Å²) in [5, 5.41) is 0.194. The minimum Gasteiger partial charge on any atom is -0.214 e. The van der Waals surface area contributed by atoms with E-state index in [1.165, 1.54) is 0 Å². The molecule has 0 N–H and O–H groups in total. The van der Waals surface area contributed by atoms with Crippen LogP contribution in [0, 0.1) is 0 Å². The minimum atomic E-state index is 0. The third-order valence-corrected chi connectivity index (χ3v) is 1.21. The van der Waals surface area contributed by atoms with Crippen molar-refractivity contribution in [3.05, 3.63) is 54.6 Å². The molecule has 1 aromatic carbocycles. The predicted octanol–water partition coefficient (Wildman–Crippen LogP) is 4.33. The summed E-state index contributed by atoms with van der Waals surface area (Å²) in [6.07, 6.45) is 9.50. The van der Waals surface area contributed by atoms with Crippen LogP contribution in [0.4, 0.5) is 0 Å². The predicted molar refractivity (Wildman–Crippen MR) is 61.5 cm³/mol. The van der Waals surface area contributed by atoms with E-state index < -0.39 is 0 Å². The fourth-order valence-corrected chi connectivity index (χ4v) is 0.714. The molecule has 0 heterocycles. The third-order valence-electron chi connectivity index (χ3n) is 1.21. The van der Waals surface area contributed by atoms with E-state index in [2.05, 4.69) is 24.3 Å². The normalized spacial score (nSPS) is 10.4. The van der Waals surface area contributed by atoms with E-state index in [4.69, 9.17) is 23.2 Å². The van der Waals surface area contributed by atoms with Gasteiger partial charge in [-0.15, -0.1) is 23.2 Å². The SMILES string of the molecule is C1=CCC=C1.ClCCl.[Fe+2].c1cc[cH-]c1. The van der Waals surface area contributed by atoms with E-state index >= 15 is 0 Å². The van der Waals surface area contributed by atoms with Gasteiger partial charge >= 0.3 is 17.1 Å². The first-order valence-electron chi connectivity index (χ1n) is 4.02. The zero-order chi connectivity index (χ0) is 9.78. The Morgan fingerprint density at radius 1 is 1.00 bits per heavy atom. The molecule has 0 aliphatic heterocycles. The maximum absolute atomic E-state index is 4.76. The molecule has 0 amide bonds. The van der Waals surface area contributed by atoms with Crippen LogP contribution in [0.3, 0.4) is 0 Å². The van der Waals surface area contributed by atoms with Crippen LogP contribution >= 0.6 is 23.2 Å². The van der Waals surface area contributed by atoms with E-state index in [0.29, 0.717) is 0 Å². The van der Waals surface area contributed by atoms with Crippen molar-refractivity contribution in [3.63, 3.8) is 0 Å². The molecule has 0 spiro atoms. The summed E-state index contributed by atoms with van der Waals surface area (Å²) in [4.78, 5) is 0.